The van der Waals surface area contributed by atoms with Crippen molar-refractivity contribution < 1.29 is 9.21 Å². The molecular weight excluding hydrogens is 352 g/mol. The van der Waals surface area contributed by atoms with Crippen LogP contribution in [0.1, 0.15) is 55.4 Å². The van der Waals surface area contributed by atoms with Gasteiger partial charge < -0.3 is 14.3 Å². The molecule has 0 radical (unpaired) electrons. The number of carbonyl (C=O) groups excluding carboxylic acids is 1. The molecule has 0 saturated carbocycles. The lowest BCUT2D eigenvalue weighted by molar-refractivity contribution is 0.0996. The molecule has 1 N–H and O–H groups in total. The monoisotopic (exact) mass is 380 g/mol. The quantitative estimate of drug-likeness (QED) is 0.647. The molecular formula is C22H28N4O2. The lowest BCUT2D eigenvalue weighted by atomic mass is 10.1. The number of imidazole rings is 1. The number of nitrogens with zero attached hydrogens (tertiary/aromatic N) is 3. The predicted octanol–water partition coefficient (Wildman–Crippen LogP) is 4.67. The summed E-state index contributed by atoms with van der Waals surface area (Å²) in [5, 5.41) is 2.90. The fraction of sp³-hybridized carbons (Fsp3) is 0.455. The topological polar surface area (TPSA) is 63.3 Å². The van der Waals surface area contributed by atoms with Crippen molar-refractivity contribution in [2.24, 2.45) is 0 Å². The number of hydrogen-bond donors (Lipinski definition) is 1. The number of benzene rings is 1. The maximum absolute atomic E-state index is 12.3. The smallest absolute Gasteiger partial charge is 0.291 e. The summed E-state index contributed by atoms with van der Waals surface area (Å²) in [6.07, 6.45) is 7.67. The third kappa shape index (κ3) is 4.12. The van der Waals surface area contributed by atoms with Crippen LogP contribution >= 0.6 is 0 Å². The van der Waals surface area contributed by atoms with Gasteiger partial charge in [-0.15, -0.1) is 0 Å². The van der Waals surface area contributed by atoms with E-state index >= 15 is 0 Å². The van der Waals surface area contributed by atoms with Crippen LogP contribution in [0.2, 0.25) is 0 Å². The summed E-state index contributed by atoms with van der Waals surface area (Å²) in [5.74, 6) is 1.18. The molecule has 0 spiro atoms. The van der Waals surface area contributed by atoms with E-state index in [4.69, 9.17) is 9.40 Å². The highest BCUT2D eigenvalue weighted by atomic mass is 16.3. The number of aryl methyl sites for hydroxylation is 1. The van der Waals surface area contributed by atoms with Crippen LogP contribution in [0, 0.1) is 0 Å². The molecule has 6 heteroatoms. The second kappa shape index (κ2) is 8.61. The van der Waals surface area contributed by atoms with Gasteiger partial charge in [0, 0.05) is 12.2 Å². The van der Waals surface area contributed by atoms with E-state index in [9.17, 15) is 4.79 Å². The summed E-state index contributed by atoms with van der Waals surface area (Å²) in [4.78, 5) is 19.7. The number of carbonyl (C=O) groups is 1. The number of fused-ring (bicyclic) bond motifs is 1. The minimum atomic E-state index is -0.247. The standard InChI is InChI=1S/C22H28N4O2/c1-2-3-13-26-19-10-9-17(23-22(27)20-8-7-14-28-20)15-18(19)24-21(26)16-25-11-5-4-6-12-25/h7-10,14-15H,2-6,11-13,16H2,1H3,(H,23,27). The Morgan fingerprint density at radius 3 is 2.82 bits per heavy atom. The van der Waals surface area contributed by atoms with Gasteiger partial charge in [0.15, 0.2) is 5.76 Å². The highest BCUT2D eigenvalue weighted by Crippen LogP contribution is 2.23. The first-order valence-electron chi connectivity index (χ1n) is 10.3. The molecule has 1 aliphatic heterocycles. The summed E-state index contributed by atoms with van der Waals surface area (Å²) in [5.41, 5.74) is 2.80. The van der Waals surface area contributed by atoms with Crippen LogP contribution in [0.15, 0.2) is 41.0 Å². The van der Waals surface area contributed by atoms with Crippen LogP contribution in [0.4, 0.5) is 5.69 Å². The largest absolute Gasteiger partial charge is 0.459 e. The third-order valence-electron chi connectivity index (χ3n) is 5.38. The zero-order chi connectivity index (χ0) is 19.3. The van der Waals surface area contributed by atoms with Crippen LogP contribution < -0.4 is 5.32 Å². The average Bonchev–Trinajstić information content (AvgIpc) is 3.35. The van der Waals surface area contributed by atoms with Crippen LogP contribution in [0.5, 0.6) is 0 Å². The van der Waals surface area contributed by atoms with Crippen molar-refractivity contribution in [1.82, 2.24) is 14.5 Å². The van der Waals surface area contributed by atoms with Crippen molar-refractivity contribution in [2.75, 3.05) is 18.4 Å². The van der Waals surface area contributed by atoms with Gasteiger partial charge in [0.1, 0.15) is 5.82 Å². The van der Waals surface area contributed by atoms with Crippen LogP contribution in [0.25, 0.3) is 11.0 Å². The zero-order valence-corrected chi connectivity index (χ0v) is 16.5. The van der Waals surface area contributed by atoms with Crippen molar-refractivity contribution in [2.45, 2.75) is 52.1 Å². The Hall–Kier alpha value is -2.60. The van der Waals surface area contributed by atoms with Gasteiger partial charge in [-0.05, 0) is 62.7 Å². The molecule has 2 aromatic heterocycles. The highest BCUT2D eigenvalue weighted by molar-refractivity contribution is 6.03. The maximum atomic E-state index is 12.3. The Morgan fingerprint density at radius 1 is 1.21 bits per heavy atom. The first kappa shape index (κ1) is 18.7. The van der Waals surface area contributed by atoms with E-state index in [0.29, 0.717) is 5.76 Å². The van der Waals surface area contributed by atoms with Gasteiger partial charge in [-0.3, -0.25) is 9.69 Å². The molecule has 0 bridgehead atoms. The molecule has 1 saturated heterocycles. The van der Waals surface area contributed by atoms with E-state index in [1.165, 1.54) is 25.5 Å². The number of unbranched alkanes of at least 4 members (excludes halogenated alkanes) is 1. The molecule has 0 unspecified atom stereocenters. The average molecular weight is 380 g/mol. The van der Waals surface area contributed by atoms with Crippen LogP contribution in [0.3, 0.4) is 0 Å². The molecule has 3 aromatic rings. The molecule has 3 heterocycles. The number of nitrogens with one attached hydrogen (secondary N) is 1. The number of hydrogen-bond acceptors (Lipinski definition) is 4. The van der Waals surface area contributed by atoms with Gasteiger partial charge in [0.2, 0.25) is 0 Å². The molecule has 1 aromatic carbocycles. The summed E-state index contributed by atoms with van der Waals surface area (Å²) < 4.78 is 7.52. The van der Waals surface area contributed by atoms with Crippen LogP contribution in [-0.2, 0) is 13.1 Å². The molecule has 1 fully saturated rings. The van der Waals surface area contributed by atoms with Gasteiger partial charge in [-0.1, -0.05) is 19.8 Å². The first-order valence-corrected chi connectivity index (χ1v) is 10.3. The maximum Gasteiger partial charge on any atom is 0.291 e. The van der Waals surface area contributed by atoms with Gasteiger partial charge in [0.05, 0.1) is 23.8 Å². The summed E-state index contributed by atoms with van der Waals surface area (Å²) >= 11 is 0. The Kier molecular flexibility index (Phi) is 5.76. The van der Waals surface area contributed by atoms with Crippen molar-refractivity contribution in [3.63, 3.8) is 0 Å². The van der Waals surface area contributed by atoms with E-state index in [0.717, 1.165) is 61.6 Å². The number of furan rings is 1. The Bertz CT molecular complexity index is 924. The SMILES string of the molecule is CCCCn1c(CN2CCCCC2)nc2cc(NC(=O)c3ccco3)ccc21. The second-order valence-electron chi connectivity index (χ2n) is 7.50. The molecule has 148 valence electrons. The van der Waals surface area contributed by atoms with Crippen LogP contribution in [-0.4, -0.2) is 33.4 Å². The van der Waals surface area contributed by atoms with E-state index < -0.39 is 0 Å². The van der Waals surface area contributed by atoms with Gasteiger partial charge in [0.25, 0.3) is 5.91 Å². The summed E-state index contributed by atoms with van der Waals surface area (Å²) in [6.45, 7) is 6.40. The molecule has 4 rings (SSSR count). The zero-order valence-electron chi connectivity index (χ0n) is 16.5. The van der Waals surface area contributed by atoms with Gasteiger partial charge in [-0.25, -0.2) is 4.98 Å². The van der Waals surface area contributed by atoms with Crippen molar-refractivity contribution in [3.8, 4) is 0 Å². The Balaban J connectivity index is 1.59. The molecule has 6 nitrogen and oxygen atoms in total. The number of amides is 1. The number of rotatable bonds is 7. The van der Waals surface area contributed by atoms with Crippen molar-refractivity contribution in [1.29, 1.82) is 0 Å². The fourth-order valence-corrected chi connectivity index (χ4v) is 3.86. The predicted molar refractivity (Wildman–Crippen MR) is 110 cm³/mol. The summed E-state index contributed by atoms with van der Waals surface area (Å²) in [7, 11) is 0. The Labute approximate surface area is 165 Å². The van der Waals surface area contributed by atoms with Gasteiger partial charge in [-0.2, -0.15) is 0 Å². The van der Waals surface area contributed by atoms with E-state index in [-0.39, 0.29) is 5.91 Å². The molecule has 28 heavy (non-hydrogen) atoms. The van der Waals surface area contributed by atoms with E-state index in [1.54, 1.807) is 12.1 Å². The lowest BCUT2D eigenvalue weighted by Gasteiger charge is -2.26. The first-order chi connectivity index (χ1) is 13.7. The number of anilines is 1. The Morgan fingerprint density at radius 2 is 2.07 bits per heavy atom. The third-order valence-corrected chi connectivity index (χ3v) is 5.38. The van der Waals surface area contributed by atoms with Crippen molar-refractivity contribution in [3.05, 3.63) is 48.2 Å². The number of piperidine rings is 1. The molecule has 0 aliphatic carbocycles. The normalized spacial score (nSPS) is 15.2. The number of likely N-dealkylation sites (tertiary alicyclic amines) is 1. The minimum Gasteiger partial charge on any atom is -0.459 e. The minimum absolute atomic E-state index is 0.247. The fourth-order valence-electron chi connectivity index (χ4n) is 3.86. The number of aromatic nitrogens is 2. The van der Waals surface area contributed by atoms with Crippen molar-refractivity contribution >= 4 is 22.6 Å². The van der Waals surface area contributed by atoms with E-state index in [2.05, 4.69) is 27.8 Å². The second-order valence-corrected chi connectivity index (χ2v) is 7.50. The lowest BCUT2D eigenvalue weighted by Crippen LogP contribution is -2.30. The van der Waals surface area contributed by atoms with E-state index in [1.807, 2.05) is 12.1 Å². The van der Waals surface area contributed by atoms with Gasteiger partial charge >= 0.3 is 0 Å². The summed E-state index contributed by atoms with van der Waals surface area (Å²) in [6, 6.07) is 9.33. The molecule has 1 amide bonds. The molecule has 0 atom stereocenters. The highest BCUT2D eigenvalue weighted by Gasteiger charge is 2.17. The molecule has 1 aliphatic rings.